The molecule has 1 amide bonds. The number of carbonyl (C=O) groups excluding carboxylic acids is 1. The number of carbonyl (C=O) groups is 1. The third-order valence-electron chi connectivity index (χ3n) is 3.35. The molecular weight excluding hydrogens is 332 g/mol. The van der Waals surface area contributed by atoms with E-state index >= 15 is 0 Å². The maximum Gasteiger partial charge on any atom is 0.246 e. The lowest BCUT2D eigenvalue weighted by Gasteiger charge is -2.15. The number of methoxy groups -OCH3 is 1. The summed E-state index contributed by atoms with van der Waals surface area (Å²) in [6, 6.07) is 4.60. The first-order valence-corrected chi connectivity index (χ1v) is 7.81. The quantitative estimate of drug-likeness (QED) is 0.710. The number of benzene rings is 1. The molecule has 1 aromatic carbocycles. The van der Waals surface area contributed by atoms with E-state index in [1.165, 1.54) is 0 Å². The van der Waals surface area contributed by atoms with Crippen LogP contribution >= 0.6 is 11.6 Å². The lowest BCUT2D eigenvalue weighted by molar-refractivity contribution is -0.118. The maximum absolute atomic E-state index is 12.5. The third kappa shape index (κ3) is 4.70. The Balaban J connectivity index is 2.04. The van der Waals surface area contributed by atoms with Gasteiger partial charge in [0.1, 0.15) is 18.4 Å². The number of halogens is 1. The molecule has 130 valence electrons. The number of aromatic nitrogens is 2. The number of nitrogens with one attached hydrogen (secondary N) is 2. The Hall–Kier alpha value is -2.09. The second-order valence-corrected chi connectivity index (χ2v) is 5.55. The van der Waals surface area contributed by atoms with Gasteiger partial charge >= 0.3 is 0 Å². The second kappa shape index (κ2) is 8.68. The highest BCUT2D eigenvalue weighted by Crippen LogP contribution is 2.28. The van der Waals surface area contributed by atoms with Crippen LogP contribution in [0.4, 0.5) is 5.69 Å². The van der Waals surface area contributed by atoms with Gasteiger partial charge in [-0.2, -0.15) is 5.10 Å². The van der Waals surface area contributed by atoms with E-state index < -0.39 is 6.04 Å². The first-order valence-electron chi connectivity index (χ1n) is 7.43. The van der Waals surface area contributed by atoms with Crippen molar-refractivity contribution in [3.8, 4) is 5.75 Å². The van der Waals surface area contributed by atoms with Crippen molar-refractivity contribution in [2.24, 2.45) is 7.05 Å². The van der Waals surface area contributed by atoms with E-state index in [9.17, 15) is 4.79 Å². The van der Waals surface area contributed by atoms with Crippen LogP contribution in [-0.4, -0.2) is 43.1 Å². The smallest absolute Gasteiger partial charge is 0.246 e. The molecule has 2 N–H and O–H groups in total. The van der Waals surface area contributed by atoms with Crippen LogP contribution < -0.4 is 15.4 Å². The summed E-state index contributed by atoms with van der Waals surface area (Å²) in [6.07, 6.45) is 3.45. The topological polar surface area (TPSA) is 77.4 Å². The summed E-state index contributed by atoms with van der Waals surface area (Å²) in [7, 11) is 5.12. The molecule has 1 aromatic heterocycles. The average Bonchev–Trinajstić information content (AvgIpc) is 2.96. The summed E-state index contributed by atoms with van der Waals surface area (Å²) >= 11 is 6.18. The summed E-state index contributed by atoms with van der Waals surface area (Å²) < 4.78 is 12.1. The SMILES string of the molecule is CNC(C(=O)Nc1ccc(OCCOC)c(Cl)c1)c1cnn(C)c1. The Morgan fingerprint density at radius 3 is 2.79 bits per heavy atom. The largest absolute Gasteiger partial charge is 0.490 e. The van der Waals surface area contributed by atoms with E-state index in [1.807, 2.05) is 0 Å². The van der Waals surface area contributed by atoms with Gasteiger partial charge in [-0.1, -0.05) is 11.6 Å². The molecule has 0 saturated carbocycles. The van der Waals surface area contributed by atoms with Crippen molar-refractivity contribution >= 4 is 23.2 Å². The lowest BCUT2D eigenvalue weighted by Crippen LogP contribution is -2.30. The van der Waals surface area contributed by atoms with Crippen LogP contribution in [0.15, 0.2) is 30.6 Å². The minimum atomic E-state index is -0.505. The van der Waals surface area contributed by atoms with Crippen LogP contribution in [-0.2, 0) is 16.6 Å². The monoisotopic (exact) mass is 352 g/mol. The van der Waals surface area contributed by atoms with Gasteiger partial charge in [0.25, 0.3) is 0 Å². The zero-order valence-electron chi connectivity index (χ0n) is 13.9. The number of likely N-dealkylation sites (N-methyl/N-ethyl adjacent to an activating group) is 1. The van der Waals surface area contributed by atoms with Gasteiger partial charge in [-0.05, 0) is 25.2 Å². The maximum atomic E-state index is 12.5. The van der Waals surface area contributed by atoms with Crippen molar-refractivity contribution in [1.82, 2.24) is 15.1 Å². The number of aryl methyl sites for hydroxylation is 1. The molecule has 0 aliphatic rings. The van der Waals surface area contributed by atoms with Crippen LogP contribution in [0.25, 0.3) is 0 Å². The molecule has 0 aliphatic heterocycles. The Bertz CT molecular complexity index is 690. The number of nitrogens with zero attached hydrogens (tertiary/aromatic N) is 2. The molecule has 1 unspecified atom stereocenters. The highest BCUT2D eigenvalue weighted by molar-refractivity contribution is 6.32. The number of anilines is 1. The first kappa shape index (κ1) is 18.3. The normalized spacial score (nSPS) is 12.0. The molecule has 7 nitrogen and oxygen atoms in total. The number of hydrogen-bond acceptors (Lipinski definition) is 5. The average molecular weight is 353 g/mol. The molecule has 1 heterocycles. The fourth-order valence-electron chi connectivity index (χ4n) is 2.18. The summed E-state index contributed by atoms with van der Waals surface area (Å²) in [4.78, 5) is 12.5. The van der Waals surface area contributed by atoms with Crippen molar-refractivity contribution in [1.29, 1.82) is 0 Å². The molecule has 24 heavy (non-hydrogen) atoms. The molecule has 1 atom stereocenters. The van der Waals surface area contributed by atoms with E-state index in [0.717, 1.165) is 5.56 Å². The van der Waals surface area contributed by atoms with Crippen LogP contribution in [0, 0.1) is 0 Å². The molecule has 2 aromatic rings. The Morgan fingerprint density at radius 1 is 1.42 bits per heavy atom. The highest BCUT2D eigenvalue weighted by Gasteiger charge is 2.20. The van der Waals surface area contributed by atoms with Crippen molar-refractivity contribution in [3.05, 3.63) is 41.2 Å². The van der Waals surface area contributed by atoms with Crippen LogP contribution in [0.5, 0.6) is 5.75 Å². The molecule has 0 aliphatic carbocycles. The summed E-state index contributed by atoms with van der Waals surface area (Å²) in [6.45, 7) is 0.883. The van der Waals surface area contributed by atoms with E-state index in [-0.39, 0.29) is 5.91 Å². The summed E-state index contributed by atoms with van der Waals surface area (Å²) in [5, 5.41) is 10.3. The molecule has 0 spiro atoms. The molecular formula is C16H21ClN4O3. The Labute approximate surface area is 145 Å². The zero-order chi connectivity index (χ0) is 17.5. The van der Waals surface area contributed by atoms with Crippen molar-refractivity contribution in [2.45, 2.75) is 6.04 Å². The summed E-state index contributed by atoms with van der Waals surface area (Å²) in [5.41, 5.74) is 1.37. The van der Waals surface area contributed by atoms with Gasteiger partial charge in [0.2, 0.25) is 5.91 Å². The minimum Gasteiger partial charge on any atom is -0.490 e. The molecule has 8 heteroatoms. The van der Waals surface area contributed by atoms with Crippen molar-refractivity contribution in [2.75, 3.05) is 32.7 Å². The van der Waals surface area contributed by atoms with E-state index in [4.69, 9.17) is 21.1 Å². The van der Waals surface area contributed by atoms with Gasteiger partial charge in [-0.3, -0.25) is 9.48 Å². The van der Waals surface area contributed by atoms with Crippen LogP contribution in [0.1, 0.15) is 11.6 Å². The van der Waals surface area contributed by atoms with E-state index in [0.29, 0.717) is 29.7 Å². The number of ether oxygens (including phenoxy) is 2. The molecule has 0 saturated heterocycles. The van der Waals surface area contributed by atoms with Crippen molar-refractivity contribution < 1.29 is 14.3 Å². The van der Waals surface area contributed by atoms with Gasteiger partial charge in [0.15, 0.2) is 0 Å². The van der Waals surface area contributed by atoms with Gasteiger partial charge in [-0.15, -0.1) is 0 Å². The van der Waals surface area contributed by atoms with E-state index in [2.05, 4.69) is 15.7 Å². The molecule has 0 bridgehead atoms. The van der Waals surface area contributed by atoms with Gasteiger partial charge < -0.3 is 20.1 Å². The lowest BCUT2D eigenvalue weighted by atomic mass is 10.1. The Kier molecular flexibility index (Phi) is 6.60. The number of amides is 1. The van der Waals surface area contributed by atoms with Crippen molar-refractivity contribution in [3.63, 3.8) is 0 Å². The predicted molar refractivity (Wildman–Crippen MR) is 92.5 cm³/mol. The fraction of sp³-hybridized carbons (Fsp3) is 0.375. The predicted octanol–water partition coefficient (Wildman–Crippen LogP) is 2.00. The van der Waals surface area contributed by atoms with Gasteiger partial charge in [-0.25, -0.2) is 0 Å². The molecule has 2 rings (SSSR count). The van der Waals surface area contributed by atoms with Gasteiger partial charge in [0, 0.05) is 31.6 Å². The standard InChI is InChI=1S/C16H21ClN4O3/c1-18-15(11-9-19-21(2)10-11)16(22)20-12-4-5-14(13(17)8-12)24-7-6-23-3/h4-5,8-10,15,18H,6-7H2,1-3H3,(H,20,22). The Morgan fingerprint density at radius 2 is 2.21 bits per heavy atom. The van der Waals surface area contributed by atoms with Crippen LogP contribution in [0.2, 0.25) is 5.02 Å². The number of hydrogen-bond donors (Lipinski definition) is 2. The third-order valence-corrected chi connectivity index (χ3v) is 3.65. The molecule has 0 radical (unpaired) electrons. The van der Waals surface area contributed by atoms with Gasteiger partial charge in [0.05, 0.1) is 17.8 Å². The van der Waals surface area contributed by atoms with Crippen LogP contribution in [0.3, 0.4) is 0 Å². The zero-order valence-corrected chi connectivity index (χ0v) is 14.6. The fourth-order valence-corrected chi connectivity index (χ4v) is 2.42. The molecule has 0 fully saturated rings. The highest BCUT2D eigenvalue weighted by atomic mass is 35.5. The minimum absolute atomic E-state index is 0.199. The second-order valence-electron chi connectivity index (χ2n) is 5.14. The first-order chi connectivity index (χ1) is 11.5. The van der Waals surface area contributed by atoms with E-state index in [1.54, 1.807) is 56.5 Å². The number of rotatable bonds is 8. The summed E-state index contributed by atoms with van der Waals surface area (Å²) in [5.74, 6) is 0.346.